The van der Waals surface area contributed by atoms with Crippen molar-refractivity contribution in [2.45, 2.75) is 32.7 Å². The Labute approximate surface area is 166 Å². The summed E-state index contributed by atoms with van der Waals surface area (Å²) in [6, 6.07) is 13.3. The number of carbonyl (C=O) groups excluding carboxylic acids is 2. The predicted octanol–water partition coefficient (Wildman–Crippen LogP) is 2.73. The zero-order valence-corrected chi connectivity index (χ0v) is 17.2. The molecule has 0 aliphatic heterocycles. The van der Waals surface area contributed by atoms with Crippen LogP contribution in [0.4, 0.5) is 5.69 Å². The van der Waals surface area contributed by atoms with Crippen molar-refractivity contribution >= 4 is 27.3 Å². The van der Waals surface area contributed by atoms with Crippen LogP contribution in [0, 0.1) is 6.92 Å². The Bertz CT molecular complexity index is 940. The van der Waals surface area contributed by atoms with Gasteiger partial charge in [-0.2, -0.15) is 0 Å². The molecule has 0 unspecified atom stereocenters. The lowest BCUT2D eigenvalue weighted by Gasteiger charge is -2.20. The highest BCUT2D eigenvalue weighted by Gasteiger charge is 2.24. The quantitative estimate of drug-likeness (QED) is 0.710. The summed E-state index contributed by atoms with van der Waals surface area (Å²) >= 11 is 0. The highest BCUT2D eigenvalue weighted by Crippen LogP contribution is 2.21. The monoisotopic (exact) mass is 402 g/mol. The van der Waals surface area contributed by atoms with Crippen LogP contribution in [0.1, 0.15) is 34.8 Å². The summed E-state index contributed by atoms with van der Waals surface area (Å²) in [7, 11) is -3.28. The molecule has 0 saturated carbocycles. The van der Waals surface area contributed by atoms with Crippen LogP contribution in [0.2, 0.25) is 0 Å². The Kier molecular flexibility index (Phi) is 7.34. The minimum atomic E-state index is -3.28. The summed E-state index contributed by atoms with van der Waals surface area (Å²) in [4.78, 5) is 25.4. The number of benzene rings is 2. The number of aryl methyl sites for hydroxylation is 2. The average Bonchev–Trinajstić information content (AvgIpc) is 2.66. The fourth-order valence-electron chi connectivity index (χ4n) is 2.84. The summed E-state index contributed by atoms with van der Waals surface area (Å²) in [6.45, 7) is 3.88. The molecule has 0 spiro atoms. The van der Waals surface area contributed by atoms with E-state index in [1.807, 2.05) is 32.0 Å². The highest BCUT2D eigenvalue weighted by molar-refractivity contribution is 7.90. The zero-order chi connectivity index (χ0) is 20.7. The third kappa shape index (κ3) is 6.20. The van der Waals surface area contributed by atoms with Gasteiger partial charge in [-0.25, -0.2) is 8.42 Å². The van der Waals surface area contributed by atoms with Gasteiger partial charge in [0.15, 0.2) is 0 Å². The van der Waals surface area contributed by atoms with Crippen molar-refractivity contribution in [1.82, 2.24) is 5.32 Å². The summed E-state index contributed by atoms with van der Waals surface area (Å²) in [5.74, 6) is -1.05. The smallest absolute Gasteiger partial charge is 0.251 e. The van der Waals surface area contributed by atoms with Crippen molar-refractivity contribution in [3.63, 3.8) is 0 Å². The molecule has 2 aromatic carbocycles. The SMILES string of the molecule is CCc1cccc(C)c1NC(=O)[C@H](CCS(C)(=O)=O)NC(=O)c1ccccc1. The lowest BCUT2D eigenvalue weighted by atomic mass is 10.0. The molecule has 0 saturated heterocycles. The van der Waals surface area contributed by atoms with Crippen LogP contribution < -0.4 is 10.6 Å². The molecule has 0 aromatic heterocycles. The second kappa shape index (κ2) is 9.50. The van der Waals surface area contributed by atoms with Crippen molar-refractivity contribution in [1.29, 1.82) is 0 Å². The molecule has 7 heteroatoms. The maximum atomic E-state index is 12.9. The molecular weight excluding hydrogens is 376 g/mol. The number of hydrogen-bond acceptors (Lipinski definition) is 4. The van der Waals surface area contributed by atoms with E-state index in [-0.39, 0.29) is 12.2 Å². The van der Waals surface area contributed by atoms with Gasteiger partial charge in [0.05, 0.1) is 5.75 Å². The normalized spacial score (nSPS) is 12.2. The van der Waals surface area contributed by atoms with Crippen LogP contribution in [0.5, 0.6) is 0 Å². The fraction of sp³-hybridized carbons (Fsp3) is 0.333. The Hall–Kier alpha value is -2.67. The number of hydrogen-bond donors (Lipinski definition) is 2. The second-order valence-corrected chi connectivity index (χ2v) is 9.02. The van der Waals surface area contributed by atoms with E-state index in [1.165, 1.54) is 0 Å². The van der Waals surface area contributed by atoms with Crippen LogP contribution in [-0.2, 0) is 21.1 Å². The second-order valence-electron chi connectivity index (χ2n) is 6.76. The van der Waals surface area contributed by atoms with Gasteiger partial charge in [-0.15, -0.1) is 0 Å². The molecule has 0 bridgehead atoms. The summed E-state index contributed by atoms with van der Waals surface area (Å²) in [5, 5.41) is 5.54. The molecule has 2 rings (SSSR count). The Balaban J connectivity index is 2.23. The molecule has 0 aliphatic carbocycles. The number of nitrogens with one attached hydrogen (secondary N) is 2. The molecule has 0 aliphatic rings. The summed E-state index contributed by atoms with van der Waals surface area (Å²) < 4.78 is 23.2. The fourth-order valence-corrected chi connectivity index (χ4v) is 3.51. The molecule has 0 radical (unpaired) electrons. The van der Waals surface area contributed by atoms with Gasteiger partial charge in [0.1, 0.15) is 15.9 Å². The maximum absolute atomic E-state index is 12.9. The average molecular weight is 403 g/mol. The van der Waals surface area contributed by atoms with Gasteiger partial charge in [0, 0.05) is 17.5 Å². The molecule has 2 amide bonds. The van der Waals surface area contributed by atoms with Crippen molar-refractivity contribution in [3.8, 4) is 0 Å². The molecule has 0 heterocycles. The molecule has 28 heavy (non-hydrogen) atoms. The number of amides is 2. The Morgan fingerprint density at radius 3 is 2.32 bits per heavy atom. The van der Waals surface area contributed by atoms with E-state index >= 15 is 0 Å². The molecule has 6 nitrogen and oxygen atoms in total. The number of para-hydroxylation sites is 1. The van der Waals surface area contributed by atoms with E-state index in [0.717, 1.165) is 23.8 Å². The van der Waals surface area contributed by atoms with E-state index < -0.39 is 27.7 Å². The summed E-state index contributed by atoms with van der Waals surface area (Å²) in [5.41, 5.74) is 2.99. The number of sulfone groups is 1. The van der Waals surface area contributed by atoms with Gasteiger partial charge >= 0.3 is 0 Å². The van der Waals surface area contributed by atoms with E-state index in [0.29, 0.717) is 11.3 Å². The van der Waals surface area contributed by atoms with E-state index in [9.17, 15) is 18.0 Å². The van der Waals surface area contributed by atoms with E-state index in [4.69, 9.17) is 0 Å². The Morgan fingerprint density at radius 1 is 1.04 bits per heavy atom. The maximum Gasteiger partial charge on any atom is 0.251 e. The minimum absolute atomic E-state index is 0.00339. The van der Waals surface area contributed by atoms with Crippen molar-refractivity contribution < 1.29 is 18.0 Å². The highest BCUT2D eigenvalue weighted by atomic mass is 32.2. The number of rotatable bonds is 8. The molecule has 2 N–H and O–H groups in total. The van der Waals surface area contributed by atoms with Crippen molar-refractivity contribution in [2.75, 3.05) is 17.3 Å². The molecule has 2 aromatic rings. The third-order valence-electron chi connectivity index (χ3n) is 4.42. The predicted molar refractivity (Wildman–Crippen MR) is 111 cm³/mol. The lowest BCUT2D eigenvalue weighted by molar-refractivity contribution is -0.118. The van der Waals surface area contributed by atoms with Crippen molar-refractivity contribution in [3.05, 3.63) is 65.2 Å². The van der Waals surface area contributed by atoms with Crippen LogP contribution in [-0.4, -0.2) is 38.3 Å². The van der Waals surface area contributed by atoms with Crippen LogP contribution >= 0.6 is 0 Å². The largest absolute Gasteiger partial charge is 0.340 e. The number of carbonyl (C=O) groups is 2. The first-order valence-corrected chi connectivity index (χ1v) is 11.2. The molecule has 0 fully saturated rings. The van der Waals surface area contributed by atoms with Crippen molar-refractivity contribution in [2.24, 2.45) is 0 Å². The van der Waals surface area contributed by atoms with Crippen LogP contribution in [0.3, 0.4) is 0 Å². The van der Waals surface area contributed by atoms with Crippen LogP contribution in [0.15, 0.2) is 48.5 Å². The number of anilines is 1. The Morgan fingerprint density at radius 2 is 1.71 bits per heavy atom. The van der Waals surface area contributed by atoms with Gasteiger partial charge in [-0.3, -0.25) is 9.59 Å². The minimum Gasteiger partial charge on any atom is -0.340 e. The molecule has 150 valence electrons. The van der Waals surface area contributed by atoms with Gasteiger partial charge < -0.3 is 10.6 Å². The molecule has 1 atom stereocenters. The van der Waals surface area contributed by atoms with Gasteiger partial charge in [0.25, 0.3) is 5.91 Å². The van der Waals surface area contributed by atoms with Gasteiger partial charge in [0.2, 0.25) is 5.91 Å². The molecular formula is C21H26N2O4S. The van der Waals surface area contributed by atoms with E-state index in [2.05, 4.69) is 10.6 Å². The van der Waals surface area contributed by atoms with Gasteiger partial charge in [-0.05, 0) is 43.0 Å². The standard InChI is InChI=1S/C21H26N2O4S/c1-4-16-12-8-9-15(2)19(16)23-21(25)18(13-14-28(3,26)27)22-20(24)17-10-6-5-7-11-17/h5-12,18H,4,13-14H2,1-3H3,(H,22,24)(H,23,25)/t18-/m0/s1. The first-order chi connectivity index (χ1) is 13.2. The lowest BCUT2D eigenvalue weighted by Crippen LogP contribution is -2.45. The first kappa shape index (κ1) is 21.6. The zero-order valence-electron chi connectivity index (χ0n) is 16.4. The first-order valence-electron chi connectivity index (χ1n) is 9.14. The topological polar surface area (TPSA) is 92.3 Å². The third-order valence-corrected chi connectivity index (χ3v) is 5.40. The summed E-state index contributed by atoms with van der Waals surface area (Å²) in [6.07, 6.45) is 1.84. The van der Waals surface area contributed by atoms with Gasteiger partial charge in [-0.1, -0.05) is 43.3 Å². The van der Waals surface area contributed by atoms with Crippen LogP contribution in [0.25, 0.3) is 0 Å². The van der Waals surface area contributed by atoms with E-state index in [1.54, 1.807) is 30.3 Å².